The number of aliphatic carboxylic acids is 1. The molecule has 1 fully saturated rings. The number of carboxylic acid groups (broad SMARTS) is 1. The number of amides is 1. The number of anilines is 1. The van der Waals surface area contributed by atoms with Gasteiger partial charge in [0, 0.05) is 24.6 Å². The average molecular weight is 363 g/mol. The van der Waals surface area contributed by atoms with Crippen molar-refractivity contribution in [2.75, 3.05) is 11.4 Å². The highest BCUT2D eigenvalue weighted by atomic mass is 16.4. The third kappa shape index (κ3) is 2.97. The predicted octanol–water partition coefficient (Wildman–Crippen LogP) is 3.26. The zero-order chi connectivity index (χ0) is 19.1. The van der Waals surface area contributed by atoms with Gasteiger partial charge in [-0.2, -0.15) is 0 Å². The topological polar surface area (TPSA) is 75.4 Å². The number of nitrogens with zero attached hydrogens (tertiary/aromatic N) is 3. The molecule has 0 bridgehead atoms. The van der Waals surface area contributed by atoms with Crippen LogP contribution < -0.4 is 4.90 Å². The molecule has 0 aliphatic carbocycles. The van der Waals surface area contributed by atoms with E-state index in [2.05, 4.69) is 4.98 Å². The van der Waals surface area contributed by atoms with Crippen LogP contribution in [0.3, 0.4) is 0 Å². The molecule has 1 N–H and O–H groups in total. The van der Waals surface area contributed by atoms with Gasteiger partial charge in [-0.05, 0) is 43.2 Å². The van der Waals surface area contributed by atoms with Crippen LogP contribution >= 0.6 is 0 Å². The summed E-state index contributed by atoms with van der Waals surface area (Å²) < 4.78 is 1.72. The molecule has 1 saturated heterocycles. The largest absolute Gasteiger partial charge is 0.480 e. The molecule has 0 saturated carbocycles. The Morgan fingerprint density at radius 2 is 1.96 bits per heavy atom. The summed E-state index contributed by atoms with van der Waals surface area (Å²) in [6.07, 6.45) is 0.330. The van der Waals surface area contributed by atoms with E-state index >= 15 is 0 Å². The highest BCUT2D eigenvalue weighted by Gasteiger charge is 2.35. The van der Waals surface area contributed by atoms with Crippen LogP contribution in [0.5, 0.6) is 0 Å². The SMILES string of the molecule is Cc1cccc(N2C[C@@H](c3nc4ccccc4n3CC(=O)O)CC2=O)c1C. The quantitative estimate of drug-likeness (QED) is 0.772. The fourth-order valence-corrected chi connectivity index (χ4v) is 3.85. The Hall–Kier alpha value is -3.15. The number of para-hydroxylation sites is 2. The van der Waals surface area contributed by atoms with Crippen LogP contribution in [0.1, 0.15) is 29.3 Å². The second kappa shape index (κ2) is 6.54. The van der Waals surface area contributed by atoms with Gasteiger partial charge in [0.25, 0.3) is 0 Å². The van der Waals surface area contributed by atoms with E-state index in [1.165, 1.54) is 0 Å². The predicted molar refractivity (Wildman–Crippen MR) is 103 cm³/mol. The fourth-order valence-electron chi connectivity index (χ4n) is 3.85. The maximum absolute atomic E-state index is 12.7. The fraction of sp³-hybridized carbons (Fsp3) is 0.286. The van der Waals surface area contributed by atoms with Crippen molar-refractivity contribution in [2.45, 2.75) is 32.7 Å². The van der Waals surface area contributed by atoms with Crippen molar-refractivity contribution in [1.82, 2.24) is 9.55 Å². The summed E-state index contributed by atoms with van der Waals surface area (Å²) in [7, 11) is 0. The normalized spacial score (nSPS) is 17.0. The Kier molecular flexibility index (Phi) is 4.18. The zero-order valence-electron chi connectivity index (χ0n) is 15.3. The number of carboxylic acids is 1. The summed E-state index contributed by atoms with van der Waals surface area (Å²) in [5, 5.41) is 9.33. The molecule has 1 aliphatic heterocycles. The Balaban J connectivity index is 1.74. The van der Waals surface area contributed by atoms with Crippen molar-refractivity contribution in [3.05, 3.63) is 59.4 Å². The number of carbonyl (C=O) groups is 2. The number of benzene rings is 2. The minimum absolute atomic E-state index is 0.0441. The second-order valence-electron chi connectivity index (χ2n) is 7.06. The number of hydrogen-bond acceptors (Lipinski definition) is 3. The molecule has 1 amide bonds. The molecule has 1 atom stereocenters. The number of aryl methyl sites for hydroxylation is 1. The van der Waals surface area contributed by atoms with Crippen molar-refractivity contribution < 1.29 is 14.7 Å². The Morgan fingerprint density at radius 3 is 2.74 bits per heavy atom. The van der Waals surface area contributed by atoms with Gasteiger partial charge < -0.3 is 14.6 Å². The summed E-state index contributed by atoms with van der Waals surface area (Å²) in [4.78, 5) is 30.6. The van der Waals surface area contributed by atoms with Crippen LogP contribution in [0.25, 0.3) is 11.0 Å². The summed E-state index contributed by atoms with van der Waals surface area (Å²) in [6.45, 7) is 4.39. The van der Waals surface area contributed by atoms with Crippen molar-refractivity contribution in [2.24, 2.45) is 0 Å². The first-order chi connectivity index (χ1) is 13.0. The molecule has 3 aromatic rings. The molecule has 1 aromatic heterocycles. The lowest BCUT2D eigenvalue weighted by atomic mass is 10.1. The third-order valence-electron chi connectivity index (χ3n) is 5.33. The second-order valence-corrected chi connectivity index (χ2v) is 7.06. The minimum Gasteiger partial charge on any atom is -0.480 e. The van der Waals surface area contributed by atoms with E-state index < -0.39 is 5.97 Å². The standard InChI is InChI=1S/C21H21N3O3/c1-13-6-5-9-17(14(13)2)23-11-15(10-19(23)25)21-22-16-7-3-4-8-18(16)24(21)12-20(26)27/h3-9,15H,10-12H2,1-2H3,(H,26,27)/t15-/m0/s1. The Bertz CT molecular complexity index is 1050. The lowest BCUT2D eigenvalue weighted by Gasteiger charge is -2.20. The van der Waals surface area contributed by atoms with Gasteiger partial charge in [-0.1, -0.05) is 24.3 Å². The number of hydrogen-bond donors (Lipinski definition) is 1. The van der Waals surface area contributed by atoms with Crippen molar-refractivity contribution in [1.29, 1.82) is 0 Å². The Labute approximate surface area is 157 Å². The molecular formula is C21H21N3O3. The molecule has 2 aromatic carbocycles. The van der Waals surface area contributed by atoms with E-state index in [-0.39, 0.29) is 18.4 Å². The molecule has 0 radical (unpaired) electrons. The molecule has 6 heteroatoms. The van der Waals surface area contributed by atoms with Gasteiger partial charge in [-0.15, -0.1) is 0 Å². The zero-order valence-corrected chi connectivity index (χ0v) is 15.3. The van der Waals surface area contributed by atoms with Crippen LogP contribution in [-0.4, -0.2) is 33.1 Å². The molecule has 138 valence electrons. The number of imidazole rings is 1. The molecule has 6 nitrogen and oxygen atoms in total. The van der Waals surface area contributed by atoms with Gasteiger partial charge in [0.05, 0.1) is 11.0 Å². The van der Waals surface area contributed by atoms with E-state index in [1.54, 1.807) is 9.47 Å². The molecule has 2 heterocycles. The van der Waals surface area contributed by atoms with Crippen LogP contribution in [0.2, 0.25) is 0 Å². The number of rotatable bonds is 4. The lowest BCUT2D eigenvalue weighted by Crippen LogP contribution is -2.25. The summed E-state index contributed by atoms with van der Waals surface area (Å²) in [5.74, 6) is -0.346. The van der Waals surface area contributed by atoms with Gasteiger partial charge >= 0.3 is 5.97 Å². The Morgan fingerprint density at radius 1 is 1.19 bits per heavy atom. The van der Waals surface area contributed by atoms with E-state index in [9.17, 15) is 14.7 Å². The van der Waals surface area contributed by atoms with Crippen molar-refractivity contribution in [3.63, 3.8) is 0 Å². The van der Waals surface area contributed by atoms with E-state index in [4.69, 9.17) is 0 Å². The summed E-state index contributed by atoms with van der Waals surface area (Å²) >= 11 is 0. The molecule has 0 spiro atoms. The van der Waals surface area contributed by atoms with Crippen molar-refractivity contribution in [3.8, 4) is 0 Å². The first-order valence-electron chi connectivity index (χ1n) is 8.99. The average Bonchev–Trinajstić information content (AvgIpc) is 3.18. The highest BCUT2D eigenvalue weighted by Crippen LogP contribution is 2.35. The van der Waals surface area contributed by atoms with Crippen molar-refractivity contribution >= 4 is 28.6 Å². The smallest absolute Gasteiger partial charge is 0.323 e. The number of aromatic nitrogens is 2. The maximum atomic E-state index is 12.7. The number of carbonyl (C=O) groups excluding carboxylic acids is 1. The monoisotopic (exact) mass is 363 g/mol. The van der Waals surface area contributed by atoms with E-state index in [0.29, 0.717) is 18.8 Å². The van der Waals surface area contributed by atoms with Gasteiger partial charge in [-0.3, -0.25) is 9.59 Å². The first kappa shape index (κ1) is 17.3. The highest BCUT2D eigenvalue weighted by molar-refractivity contribution is 5.97. The first-order valence-corrected chi connectivity index (χ1v) is 8.99. The van der Waals surface area contributed by atoms with E-state index in [1.807, 2.05) is 56.3 Å². The third-order valence-corrected chi connectivity index (χ3v) is 5.33. The number of fused-ring (bicyclic) bond motifs is 1. The molecule has 27 heavy (non-hydrogen) atoms. The minimum atomic E-state index is -0.921. The molecule has 4 rings (SSSR count). The van der Waals surface area contributed by atoms with Crippen LogP contribution in [0.15, 0.2) is 42.5 Å². The lowest BCUT2D eigenvalue weighted by molar-refractivity contribution is -0.137. The van der Waals surface area contributed by atoms with Gasteiger partial charge in [0.2, 0.25) is 5.91 Å². The molecular weight excluding hydrogens is 342 g/mol. The van der Waals surface area contributed by atoms with Crippen LogP contribution in [-0.2, 0) is 16.1 Å². The van der Waals surface area contributed by atoms with Gasteiger partial charge in [0.1, 0.15) is 12.4 Å². The van der Waals surface area contributed by atoms with Crippen LogP contribution in [0.4, 0.5) is 5.69 Å². The summed E-state index contributed by atoms with van der Waals surface area (Å²) in [5.41, 5.74) is 4.69. The molecule has 0 unspecified atom stereocenters. The maximum Gasteiger partial charge on any atom is 0.323 e. The van der Waals surface area contributed by atoms with Crippen LogP contribution in [0, 0.1) is 13.8 Å². The van der Waals surface area contributed by atoms with Gasteiger partial charge in [0.15, 0.2) is 0 Å². The van der Waals surface area contributed by atoms with Gasteiger partial charge in [-0.25, -0.2) is 4.98 Å². The molecule has 1 aliphatic rings. The summed E-state index contributed by atoms with van der Waals surface area (Å²) in [6, 6.07) is 13.4. The van der Waals surface area contributed by atoms with E-state index in [0.717, 1.165) is 27.8 Å².